The van der Waals surface area contributed by atoms with Crippen molar-refractivity contribution in [2.75, 3.05) is 32.1 Å². The number of fused-ring (bicyclic) bond motifs is 1. The molecule has 0 radical (unpaired) electrons. The van der Waals surface area contributed by atoms with E-state index < -0.39 is 24.8 Å². The smallest absolute Gasteiger partial charge is 0.184 e. The van der Waals surface area contributed by atoms with Gasteiger partial charge in [-0.1, -0.05) is 42.5 Å². The van der Waals surface area contributed by atoms with E-state index in [1.165, 1.54) is 6.07 Å². The average molecular weight is 567 g/mol. The van der Waals surface area contributed by atoms with Crippen LogP contribution in [-0.4, -0.2) is 55.2 Å². The van der Waals surface area contributed by atoms with E-state index in [1.807, 2.05) is 30.3 Å². The number of hydrogen-bond acceptors (Lipinski definition) is 4. The molecule has 1 saturated heterocycles. The average Bonchev–Trinajstić information content (AvgIpc) is 3.14. The number of nitrogens with zero attached hydrogens (tertiary/aromatic N) is 2. The van der Waals surface area contributed by atoms with Gasteiger partial charge in [0.1, 0.15) is 5.82 Å². The predicted molar refractivity (Wildman–Crippen MR) is 159 cm³/mol. The van der Waals surface area contributed by atoms with E-state index in [4.69, 9.17) is 0 Å². The molecule has 0 amide bonds. The molecule has 206 valence electrons. The minimum absolute atomic E-state index is 0.184. The highest BCUT2D eigenvalue weighted by Gasteiger charge is 2.32. The molecule has 2 atom stereocenters. The maximum Gasteiger partial charge on any atom is 0.184 e. The first-order valence-electron chi connectivity index (χ1n) is 13.3. The zero-order valence-electron chi connectivity index (χ0n) is 22.4. The SMILES string of the molecule is C=S(=O)(c1ccc(S(=O)(=O)C2C=C(C3CCN(c4ccccc4F)CC3)c3ccccc3CC2)cc1)N(C)C. The highest BCUT2D eigenvalue weighted by atomic mass is 32.2. The molecule has 0 spiro atoms. The molecule has 1 aliphatic heterocycles. The topological polar surface area (TPSA) is 57.7 Å². The lowest BCUT2D eigenvalue weighted by molar-refractivity contribution is 0.483. The third-order valence-electron chi connectivity index (χ3n) is 8.03. The molecule has 3 aromatic carbocycles. The Morgan fingerprint density at radius 2 is 1.46 bits per heavy atom. The van der Waals surface area contributed by atoms with Crippen molar-refractivity contribution in [1.29, 1.82) is 0 Å². The molecule has 8 heteroatoms. The molecule has 39 heavy (non-hydrogen) atoms. The number of anilines is 1. The van der Waals surface area contributed by atoms with Crippen molar-refractivity contribution in [2.45, 2.75) is 40.7 Å². The molecule has 5 nitrogen and oxygen atoms in total. The van der Waals surface area contributed by atoms with Crippen LogP contribution < -0.4 is 4.90 Å². The van der Waals surface area contributed by atoms with Gasteiger partial charge in [-0.3, -0.25) is 0 Å². The van der Waals surface area contributed by atoms with E-state index in [1.54, 1.807) is 48.7 Å². The van der Waals surface area contributed by atoms with E-state index in [9.17, 15) is 17.0 Å². The summed E-state index contributed by atoms with van der Waals surface area (Å²) in [4.78, 5) is 2.80. The number of sulfone groups is 1. The molecule has 1 fully saturated rings. The van der Waals surface area contributed by atoms with E-state index in [0.717, 1.165) is 29.5 Å². The van der Waals surface area contributed by atoms with Gasteiger partial charge in [-0.05, 0) is 105 Å². The third kappa shape index (κ3) is 5.42. The predicted octanol–water partition coefficient (Wildman–Crippen LogP) is 5.47. The zero-order valence-corrected chi connectivity index (χ0v) is 24.1. The fourth-order valence-corrected chi connectivity index (χ4v) is 8.26. The van der Waals surface area contributed by atoms with Crippen molar-refractivity contribution in [1.82, 2.24) is 4.31 Å². The molecule has 0 N–H and O–H groups in total. The summed E-state index contributed by atoms with van der Waals surface area (Å²) >= 11 is 0. The Morgan fingerprint density at radius 1 is 0.846 bits per heavy atom. The molecule has 1 heterocycles. The summed E-state index contributed by atoms with van der Waals surface area (Å²) in [5, 5.41) is -0.673. The first-order valence-corrected chi connectivity index (χ1v) is 16.5. The van der Waals surface area contributed by atoms with Gasteiger partial charge in [-0.25, -0.2) is 21.3 Å². The molecular weight excluding hydrogens is 531 g/mol. The van der Waals surface area contributed by atoms with E-state index in [-0.39, 0.29) is 16.6 Å². The molecule has 2 unspecified atom stereocenters. The van der Waals surface area contributed by atoms with E-state index in [2.05, 4.69) is 22.9 Å². The highest BCUT2D eigenvalue weighted by Crippen LogP contribution is 2.39. The van der Waals surface area contributed by atoms with Gasteiger partial charge < -0.3 is 4.90 Å². The van der Waals surface area contributed by atoms with E-state index >= 15 is 0 Å². The van der Waals surface area contributed by atoms with Crippen LogP contribution in [0.15, 0.2) is 88.7 Å². The lowest BCUT2D eigenvalue weighted by Gasteiger charge is -2.35. The first kappa shape index (κ1) is 27.6. The summed E-state index contributed by atoms with van der Waals surface area (Å²) in [6.45, 7) is 1.42. The molecule has 5 rings (SSSR count). The largest absolute Gasteiger partial charge is 0.369 e. The number of allylic oxidation sites excluding steroid dienone is 1. The normalized spacial score (nSPS) is 20.2. The van der Waals surface area contributed by atoms with Gasteiger partial charge >= 0.3 is 0 Å². The van der Waals surface area contributed by atoms with Gasteiger partial charge in [0.05, 0.1) is 25.5 Å². The van der Waals surface area contributed by atoms with Gasteiger partial charge in [-0.2, -0.15) is 0 Å². The standard InChI is InChI=1S/C31H35FN2O3S2/c1-33(2)38(3,35)25-14-16-26(17-15-25)39(36,37)27-13-12-23-8-4-5-9-28(23)29(22-27)24-18-20-34(21-19-24)31-11-7-6-10-30(31)32/h4-11,14-17,22,24,27H,3,12-13,18-21H2,1-2H3. The van der Waals surface area contributed by atoms with Crippen LogP contribution in [0.2, 0.25) is 0 Å². The van der Waals surface area contributed by atoms with Crippen molar-refractivity contribution < 1.29 is 17.0 Å². The van der Waals surface area contributed by atoms with Crippen LogP contribution in [-0.2, 0) is 26.0 Å². The van der Waals surface area contributed by atoms with Crippen LogP contribution in [0, 0.1) is 11.7 Å². The molecule has 3 aromatic rings. The van der Waals surface area contributed by atoms with Crippen molar-refractivity contribution in [2.24, 2.45) is 5.92 Å². The van der Waals surface area contributed by atoms with Crippen LogP contribution >= 0.6 is 0 Å². The second kappa shape index (κ2) is 10.9. The number of rotatable bonds is 6. The molecule has 2 aliphatic rings. The Morgan fingerprint density at radius 3 is 2.13 bits per heavy atom. The van der Waals surface area contributed by atoms with Gasteiger partial charge in [0, 0.05) is 18.0 Å². The van der Waals surface area contributed by atoms with Crippen LogP contribution in [0.1, 0.15) is 30.4 Å². The van der Waals surface area contributed by atoms with Crippen molar-refractivity contribution >= 4 is 36.7 Å². The molecular formula is C31H35FN2O3S2. The monoisotopic (exact) mass is 566 g/mol. The third-order valence-corrected chi connectivity index (χ3v) is 12.3. The number of hydrogen-bond donors (Lipinski definition) is 0. The maximum atomic E-state index is 14.4. The van der Waals surface area contributed by atoms with Crippen molar-refractivity contribution in [3.05, 3.63) is 95.8 Å². The maximum absolute atomic E-state index is 14.4. The fraction of sp³-hybridized carbons (Fsp3) is 0.323. The summed E-state index contributed by atoms with van der Waals surface area (Å²) in [6.07, 6.45) is 4.77. The van der Waals surface area contributed by atoms with Gasteiger partial charge in [-0.15, -0.1) is 0 Å². The molecule has 0 aromatic heterocycles. The Bertz CT molecular complexity index is 1590. The van der Waals surface area contributed by atoms with Crippen LogP contribution in [0.5, 0.6) is 0 Å². The Hall–Kier alpha value is -2.94. The van der Waals surface area contributed by atoms with E-state index in [0.29, 0.717) is 36.5 Å². The second-order valence-electron chi connectivity index (χ2n) is 10.5. The quantitative estimate of drug-likeness (QED) is 0.372. The number of piperidine rings is 1. The summed E-state index contributed by atoms with van der Waals surface area (Å²) in [6, 6.07) is 21.4. The summed E-state index contributed by atoms with van der Waals surface area (Å²) in [7, 11) is -2.96. The second-order valence-corrected chi connectivity index (χ2v) is 15.2. The first-order chi connectivity index (χ1) is 18.6. The van der Waals surface area contributed by atoms with Crippen molar-refractivity contribution in [3.63, 3.8) is 0 Å². The Labute approximate surface area is 232 Å². The number of benzene rings is 3. The van der Waals surface area contributed by atoms with Gasteiger partial charge in [0.25, 0.3) is 0 Å². The number of para-hydroxylation sites is 1. The zero-order chi connectivity index (χ0) is 27.8. The molecule has 0 bridgehead atoms. The van der Waals surface area contributed by atoms with Gasteiger partial charge in [0.2, 0.25) is 0 Å². The summed E-state index contributed by atoms with van der Waals surface area (Å²) < 4.78 is 56.7. The Balaban J connectivity index is 1.45. The Kier molecular flexibility index (Phi) is 7.73. The molecule has 1 aliphatic carbocycles. The minimum atomic E-state index is -3.68. The number of halogens is 1. The van der Waals surface area contributed by atoms with Crippen LogP contribution in [0.4, 0.5) is 10.1 Å². The van der Waals surface area contributed by atoms with Gasteiger partial charge in [0.15, 0.2) is 9.84 Å². The summed E-state index contributed by atoms with van der Waals surface area (Å²) in [5.41, 5.74) is 3.99. The highest BCUT2D eigenvalue weighted by molar-refractivity contribution is 7.98. The van der Waals surface area contributed by atoms with Crippen LogP contribution in [0.25, 0.3) is 5.57 Å². The fourth-order valence-electron chi connectivity index (χ4n) is 5.66. The molecule has 0 saturated carbocycles. The van der Waals surface area contributed by atoms with Crippen LogP contribution in [0.3, 0.4) is 0 Å². The summed E-state index contributed by atoms with van der Waals surface area (Å²) in [5.74, 6) is 3.79. The number of aryl methyl sites for hydroxylation is 1. The lowest BCUT2D eigenvalue weighted by atomic mass is 9.83. The van der Waals surface area contributed by atoms with Crippen molar-refractivity contribution in [3.8, 4) is 0 Å². The minimum Gasteiger partial charge on any atom is -0.369 e. The lowest BCUT2D eigenvalue weighted by Crippen LogP contribution is -2.34.